The normalized spacial score (nSPS) is 11.7. The number of fused-ring (bicyclic) bond motifs is 1. The zero-order chi connectivity index (χ0) is 26.9. The van der Waals surface area contributed by atoms with Crippen LogP contribution in [0.3, 0.4) is 0 Å². The molecule has 0 aliphatic carbocycles. The SMILES string of the molecule is O=c1[nH]c(=O)n(-c2cccc3ccccc23)c(O)c1C=Nc1ccc(S(=O)(=O)Nc2ccccc2Br)cc1. The fourth-order valence-corrected chi connectivity index (χ4v) is 5.47. The summed E-state index contributed by atoms with van der Waals surface area (Å²) in [5, 5.41) is 12.5. The summed E-state index contributed by atoms with van der Waals surface area (Å²) in [7, 11) is -3.86. The van der Waals surface area contributed by atoms with E-state index >= 15 is 0 Å². The van der Waals surface area contributed by atoms with Crippen LogP contribution < -0.4 is 16.0 Å². The smallest absolute Gasteiger partial charge is 0.335 e. The first-order chi connectivity index (χ1) is 18.2. The lowest BCUT2D eigenvalue weighted by atomic mass is 10.1. The standard InChI is InChI=1S/C27H19BrN4O5S/c28-22-9-3-4-10-23(22)31-38(36,37)19-14-12-18(13-15-19)29-16-21-25(33)30-27(35)32(26(21)34)24-11-5-7-17-6-1-2-8-20(17)24/h1-16,31,34H,(H,30,33,35). The van der Waals surface area contributed by atoms with Gasteiger partial charge in [-0.2, -0.15) is 0 Å². The maximum atomic E-state index is 12.7. The van der Waals surface area contributed by atoms with Crippen LogP contribution in [-0.2, 0) is 10.0 Å². The summed E-state index contributed by atoms with van der Waals surface area (Å²) in [4.78, 5) is 31.6. The van der Waals surface area contributed by atoms with Crippen LogP contribution in [-0.4, -0.2) is 29.3 Å². The number of hydrogen-bond acceptors (Lipinski definition) is 6. The zero-order valence-electron chi connectivity index (χ0n) is 19.5. The molecule has 5 rings (SSSR count). The molecule has 1 heterocycles. The highest BCUT2D eigenvalue weighted by Crippen LogP contribution is 2.26. The molecule has 0 saturated carbocycles. The Bertz CT molecular complexity index is 1930. The van der Waals surface area contributed by atoms with E-state index in [1.165, 1.54) is 24.3 Å². The number of H-pyrrole nitrogens is 1. The van der Waals surface area contributed by atoms with E-state index in [0.29, 0.717) is 26.9 Å². The molecular formula is C27H19BrN4O5S. The summed E-state index contributed by atoms with van der Waals surface area (Å²) >= 11 is 3.31. The predicted molar refractivity (Wildman–Crippen MR) is 150 cm³/mol. The van der Waals surface area contributed by atoms with Crippen molar-refractivity contribution in [3.63, 3.8) is 0 Å². The van der Waals surface area contributed by atoms with Gasteiger partial charge >= 0.3 is 5.69 Å². The number of anilines is 1. The average Bonchev–Trinajstić information content (AvgIpc) is 2.90. The van der Waals surface area contributed by atoms with Crippen LogP contribution in [0.5, 0.6) is 5.88 Å². The lowest BCUT2D eigenvalue weighted by molar-refractivity contribution is 0.430. The third-order valence-corrected chi connectivity index (χ3v) is 7.81. The fraction of sp³-hybridized carbons (Fsp3) is 0. The van der Waals surface area contributed by atoms with Crippen molar-refractivity contribution in [1.29, 1.82) is 0 Å². The van der Waals surface area contributed by atoms with Gasteiger partial charge in [-0.25, -0.2) is 17.8 Å². The second-order valence-corrected chi connectivity index (χ2v) is 10.7. The first kappa shape index (κ1) is 25.2. The minimum absolute atomic E-state index is 0.0115. The molecule has 4 aromatic carbocycles. The largest absolute Gasteiger partial charge is 0.493 e. The quantitative estimate of drug-likeness (QED) is 0.246. The molecule has 5 aromatic rings. The van der Waals surface area contributed by atoms with Crippen LogP contribution in [0.15, 0.2) is 115 Å². The van der Waals surface area contributed by atoms with Gasteiger partial charge in [-0.15, -0.1) is 0 Å². The van der Waals surface area contributed by atoms with Crippen LogP contribution >= 0.6 is 15.9 Å². The van der Waals surface area contributed by atoms with Crippen molar-refractivity contribution in [2.24, 2.45) is 4.99 Å². The van der Waals surface area contributed by atoms with Gasteiger partial charge < -0.3 is 5.11 Å². The molecule has 0 spiro atoms. The number of sulfonamides is 1. The van der Waals surface area contributed by atoms with Gasteiger partial charge in [0.05, 0.1) is 22.0 Å². The van der Waals surface area contributed by atoms with Crippen molar-refractivity contribution >= 4 is 54.3 Å². The van der Waals surface area contributed by atoms with Crippen molar-refractivity contribution < 1.29 is 13.5 Å². The van der Waals surface area contributed by atoms with E-state index in [1.54, 1.807) is 48.5 Å². The average molecular weight is 591 g/mol. The highest BCUT2D eigenvalue weighted by Gasteiger charge is 2.17. The van der Waals surface area contributed by atoms with E-state index in [2.05, 4.69) is 30.6 Å². The molecule has 190 valence electrons. The van der Waals surface area contributed by atoms with E-state index in [4.69, 9.17) is 0 Å². The monoisotopic (exact) mass is 590 g/mol. The van der Waals surface area contributed by atoms with Crippen LogP contribution in [0.25, 0.3) is 16.5 Å². The molecule has 38 heavy (non-hydrogen) atoms. The van der Waals surface area contributed by atoms with E-state index in [1.807, 2.05) is 18.2 Å². The molecule has 0 amide bonds. The summed E-state index contributed by atoms with van der Waals surface area (Å²) in [6.07, 6.45) is 1.12. The number of aromatic amines is 1. The summed E-state index contributed by atoms with van der Waals surface area (Å²) in [5.74, 6) is -0.573. The third-order valence-electron chi connectivity index (χ3n) is 5.74. The van der Waals surface area contributed by atoms with E-state index in [-0.39, 0.29) is 10.5 Å². The van der Waals surface area contributed by atoms with Crippen molar-refractivity contribution in [3.05, 3.63) is 122 Å². The van der Waals surface area contributed by atoms with E-state index in [0.717, 1.165) is 16.2 Å². The Hall–Kier alpha value is -4.48. The lowest BCUT2D eigenvalue weighted by Crippen LogP contribution is -2.31. The van der Waals surface area contributed by atoms with E-state index < -0.39 is 27.2 Å². The number of rotatable bonds is 6. The van der Waals surface area contributed by atoms with Gasteiger partial charge in [-0.3, -0.25) is 19.5 Å². The summed E-state index contributed by atoms with van der Waals surface area (Å²) in [6, 6.07) is 25.1. The molecule has 9 nitrogen and oxygen atoms in total. The Morgan fingerprint density at radius 3 is 2.34 bits per heavy atom. The number of para-hydroxylation sites is 1. The molecule has 0 unspecified atom stereocenters. The Balaban J connectivity index is 1.47. The molecule has 3 N–H and O–H groups in total. The summed E-state index contributed by atoms with van der Waals surface area (Å²) in [6.45, 7) is 0. The van der Waals surface area contributed by atoms with E-state index in [9.17, 15) is 23.1 Å². The lowest BCUT2D eigenvalue weighted by Gasteiger charge is -2.12. The molecule has 0 aliphatic heterocycles. The van der Waals surface area contributed by atoms with Crippen molar-refractivity contribution in [2.45, 2.75) is 4.90 Å². The number of halogens is 1. The first-order valence-electron chi connectivity index (χ1n) is 11.2. The topological polar surface area (TPSA) is 134 Å². The molecule has 0 atom stereocenters. The second kappa shape index (κ2) is 10.1. The summed E-state index contributed by atoms with van der Waals surface area (Å²) < 4.78 is 29.6. The highest BCUT2D eigenvalue weighted by atomic mass is 79.9. The molecular weight excluding hydrogens is 572 g/mol. The van der Waals surface area contributed by atoms with Crippen molar-refractivity contribution in [2.75, 3.05) is 4.72 Å². The van der Waals surface area contributed by atoms with Crippen molar-refractivity contribution in [1.82, 2.24) is 9.55 Å². The minimum atomic E-state index is -3.86. The van der Waals surface area contributed by atoms with Gasteiger partial charge in [-0.05, 0) is 63.8 Å². The Morgan fingerprint density at radius 1 is 0.895 bits per heavy atom. The molecule has 0 bridgehead atoms. The molecule has 0 aliphatic rings. The van der Waals surface area contributed by atoms with Gasteiger partial charge in [0, 0.05) is 16.1 Å². The fourth-order valence-electron chi connectivity index (χ4n) is 3.88. The number of hydrogen-bond donors (Lipinski definition) is 3. The number of benzene rings is 4. The van der Waals surface area contributed by atoms with Crippen LogP contribution in [0, 0.1) is 0 Å². The number of nitrogens with one attached hydrogen (secondary N) is 2. The molecule has 1 aromatic heterocycles. The second-order valence-electron chi connectivity index (χ2n) is 8.17. The maximum absolute atomic E-state index is 12.7. The number of aromatic hydroxyl groups is 1. The first-order valence-corrected chi connectivity index (χ1v) is 13.5. The van der Waals surface area contributed by atoms with Crippen molar-refractivity contribution in [3.8, 4) is 11.6 Å². The van der Waals surface area contributed by atoms with Crippen LogP contribution in [0.4, 0.5) is 11.4 Å². The minimum Gasteiger partial charge on any atom is -0.493 e. The van der Waals surface area contributed by atoms with Gasteiger partial charge in [0.1, 0.15) is 5.56 Å². The number of aromatic nitrogens is 2. The Kier molecular flexibility index (Phi) is 6.70. The van der Waals surface area contributed by atoms with Crippen LogP contribution in [0.1, 0.15) is 5.56 Å². The van der Waals surface area contributed by atoms with Gasteiger partial charge in [0.2, 0.25) is 5.88 Å². The number of aliphatic imine (C=N–C) groups is 1. The van der Waals surface area contributed by atoms with Gasteiger partial charge in [-0.1, -0.05) is 48.5 Å². The Labute approximate surface area is 224 Å². The van der Waals surface area contributed by atoms with Crippen LogP contribution in [0.2, 0.25) is 0 Å². The highest BCUT2D eigenvalue weighted by molar-refractivity contribution is 9.10. The maximum Gasteiger partial charge on any atom is 0.335 e. The zero-order valence-corrected chi connectivity index (χ0v) is 21.9. The molecule has 0 saturated heterocycles. The molecule has 0 fully saturated rings. The summed E-state index contributed by atoms with van der Waals surface area (Å²) in [5.41, 5.74) is -0.733. The molecule has 0 radical (unpaired) electrons. The Morgan fingerprint density at radius 2 is 1.58 bits per heavy atom. The third kappa shape index (κ3) is 4.89. The predicted octanol–water partition coefficient (Wildman–Crippen LogP) is 4.70. The van der Waals surface area contributed by atoms with Gasteiger partial charge in [0.15, 0.2) is 0 Å². The van der Waals surface area contributed by atoms with Gasteiger partial charge in [0.25, 0.3) is 15.6 Å². The molecule has 11 heteroatoms. The number of nitrogens with zero attached hydrogens (tertiary/aromatic N) is 2.